The third-order valence-corrected chi connectivity index (χ3v) is 5.68. The van der Waals surface area contributed by atoms with Crippen LogP contribution in [0.4, 0.5) is 0 Å². The van der Waals surface area contributed by atoms with E-state index in [1.54, 1.807) is 0 Å². The fourth-order valence-electron chi connectivity index (χ4n) is 2.38. The Morgan fingerprint density at radius 1 is 0.609 bits per heavy atom. The van der Waals surface area contributed by atoms with E-state index in [2.05, 4.69) is 84.0 Å². The van der Waals surface area contributed by atoms with E-state index >= 15 is 0 Å². The Bertz CT molecular complexity index is 625. The smallest absolute Gasteiger partial charge is 0.0136 e. The molecule has 0 amide bonds. The molecule has 0 aliphatic heterocycles. The van der Waals surface area contributed by atoms with Gasteiger partial charge in [0.1, 0.15) is 0 Å². The van der Waals surface area contributed by atoms with Crippen LogP contribution < -0.4 is 0 Å². The van der Waals surface area contributed by atoms with Gasteiger partial charge in [-0.3, -0.25) is 0 Å². The Labute approximate surface area is 150 Å². The lowest BCUT2D eigenvalue weighted by Crippen LogP contribution is -1.92. The molecule has 2 heteroatoms. The van der Waals surface area contributed by atoms with Gasteiger partial charge in [-0.15, -0.1) is 11.8 Å². The van der Waals surface area contributed by atoms with Crippen LogP contribution in [0.3, 0.4) is 0 Å². The van der Waals surface area contributed by atoms with Crippen LogP contribution in [0, 0.1) is 0 Å². The van der Waals surface area contributed by atoms with Gasteiger partial charge in [0, 0.05) is 19.9 Å². The fraction of sp³-hybridized carbons (Fsp3) is 0.429. The van der Waals surface area contributed by atoms with Crippen LogP contribution in [-0.2, 0) is 0 Å². The molecule has 0 nitrogen and oxygen atoms in total. The standard InChI is InChI=1S/C21H28S2/c1-14(2)17-7-9-19(10-8-17)23-21-12-18(15(3)4)11-20(13-21)22-16(5)6/h7-16H,1-6H3. The molecule has 23 heavy (non-hydrogen) atoms. The molecule has 0 radical (unpaired) electrons. The second-order valence-corrected chi connectivity index (χ2v) is 9.68. The third-order valence-electron chi connectivity index (χ3n) is 3.72. The summed E-state index contributed by atoms with van der Waals surface area (Å²) in [4.78, 5) is 4.04. The maximum absolute atomic E-state index is 2.35. The van der Waals surface area contributed by atoms with Crippen molar-refractivity contribution in [3.05, 3.63) is 53.6 Å². The normalized spacial score (nSPS) is 11.7. The van der Waals surface area contributed by atoms with E-state index in [-0.39, 0.29) is 0 Å². The molecule has 0 spiro atoms. The van der Waals surface area contributed by atoms with Gasteiger partial charge in [0.05, 0.1) is 0 Å². The minimum Gasteiger partial charge on any atom is -0.123 e. The van der Waals surface area contributed by atoms with Crippen molar-refractivity contribution >= 4 is 23.5 Å². The Morgan fingerprint density at radius 2 is 1.17 bits per heavy atom. The quantitative estimate of drug-likeness (QED) is 0.495. The van der Waals surface area contributed by atoms with Gasteiger partial charge in [0.25, 0.3) is 0 Å². The first-order valence-electron chi connectivity index (χ1n) is 8.44. The second kappa shape index (κ2) is 8.30. The molecule has 0 unspecified atom stereocenters. The van der Waals surface area contributed by atoms with Crippen molar-refractivity contribution in [3.63, 3.8) is 0 Å². The number of benzene rings is 2. The molecule has 0 saturated heterocycles. The molecular formula is C21H28S2. The zero-order valence-electron chi connectivity index (χ0n) is 15.1. The van der Waals surface area contributed by atoms with Crippen LogP contribution in [0.15, 0.2) is 57.2 Å². The predicted molar refractivity (Wildman–Crippen MR) is 106 cm³/mol. The molecule has 0 aliphatic carbocycles. The van der Waals surface area contributed by atoms with Crippen molar-refractivity contribution in [1.29, 1.82) is 0 Å². The summed E-state index contributed by atoms with van der Waals surface area (Å²) >= 11 is 3.82. The molecule has 2 aromatic carbocycles. The molecule has 0 heterocycles. The summed E-state index contributed by atoms with van der Waals surface area (Å²) < 4.78 is 0. The maximum Gasteiger partial charge on any atom is 0.0136 e. The zero-order valence-corrected chi connectivity index (χ0v) is 16.7. The minimum absolute atomic E-state index is 0.561. The first kappa shape index (κ1) is 18.5. The van der Waals surface area contributed by atoms with Gasteiger partial charge in [-0.25, -0.2) is 0 Å². The third kappa shape index (κ3) is 5.61. The summed E-state index contributed by atoms with van der Waals surface area (Å²) in [6, 6.07) is 16.0. The summed E-state index contributed by atoms with van der Waals surface area (Å²) in [6.45, 7) is 13.5. The number of rotatable bonds is 6. The largest absolute Gasteiger partial charge is 0.123 e. The highest BCUT2D eigenvalue weighted by Gasteiger charge is 2.08. The molecule has 0 aliphatic rings. The zero-order chi connectivity index (χ0) is 17.0. The van der Waals surface area contributed by atoms with E-state index in [0.717, 1.165) is 0 Å². The van der Waals surface area contributed by atoms with E-state index < -0.39 is 0 Å². The van der Waals surface area contributed by atoms with E-state index in [1.165, 1.54) is 25.8 Å². The van der Waals surface area contributed by atoms with E-state index in [0.29, 0.717) is 17.1 Å². The number of hydrogen-bond donors (Lipinski definition) is 0. The summed E-state index contributed by atoms with van der Waals surface area (Å²) in [5.41, 5.74) is 2.83. The lowest BCUT2D eigenvalue weighted by molar-refractivity contribution is 0.856. The maximum atomic E-state index is 2.35. The van der Waals surface area contributed by atoms with Gasteiger partial charge in [0.15, 0.2) is 0 Å². The van der Waals surface area contributed by atoms with Crippen molar-refractivity contribution in [2.45, 2.75) is 73.3 Å². The lowest BCUT2D eigenvalue weighted by Gasteiger charge is -2.13. The van der Waals surface area contributed by atoms with E-state index in [9.17, 15) is 0 Å². The molecular weight excluding hydrogens is 316 g/mol. The average molecular weight is 345 g/mol. The molecule has 0 aromatic heterocycles. The van der Waals surface area contributed by atoms with Gasteiger partial charge in [0.2, 0.25) is 0 Å². The van der Waals surface area contributed by atoms with Crippen LogP contribution in [0.25, 0.3) is 0 Å². The predicted octanol–water partition coefficient (Wildman–Crippen LogP) is 7.59. The highest BCUT2D eigenvalue weighted by molar-refractivity contribution is 8.00. The summed E-state index contributed by atoms with van der Waals surface area (Å²) in [5.74, 6) is 1.15. The Balaban J connectivity index is 2.25. The molecule has 124 valence electrons. The van der Waals surface area contributed by atoms with E-state index in [1.807, 2.05) is 23.5 Å². The SMILES string of the molecule is CC(C)Sc1cc(Sc2ccc(C(C)C)cc2)cc(C(C)C)c1. The Kier molecular flexibility index (Phi) is 6.67. The molecule has 0 fully saturated rings. The average Bonchev–Trinajstić information content (AvgIpc) is 2.46. The Hall–Kier alpha value is -0.860. The topological polar surface area (TPSA) is 0 Å². The van der Waals surface area contributed by atoms with Crippen molar-refractivity contribution in [2.24, 2.45) is 0 Å². The van der Waals surface area contributed by atoms with Crippen LogP contribution >= 0.6 is 23.5 Å². The molecule has 0 bridgehead atoms. The van der Waals surface area contributed by atoms with Gasteiger partial charge >= 0.3 is 0 Å². The molecule has 2 aromatic rings. The summed E-state index contributed by atoms with van der Waals surface area (Å²) in [7, 11) is 0. The van der Waals surface area contributed by atoms with Crippen molar-refractivity contribution < 1.29 is 0 Å². The first-order valence-corrected chi connectivity index (χ1v) is 10.1. The van der Waals surface area contributed by atoms with E-state index in [4.69, 9.17) is 0 Å². The lowest BCUT2D eigenvalue weighted by atomic mass is 10.0. The van der Waals surface area contributed by atoms with Gasteiger partial charge in [-0.05, 0) is 53.3 Å². The van der Waals surface area contributed by atoms with Crippen LogP contribution in [0.5, 0.6) is 0 Å². The second-order valence-electron chi connectivity index (χ2n) is 6.88. The molecule has 0 atom stereocenters. The molecule has 0 saturated carbocycles. The highest BCUT2D eigenvalue weighted by atomic mass is 32.2. The van der Waals surface area contributed by atoms with Crippen LogP contribution in [-0.4, -0.2) is 5.25 Å². The molecule has 0 N–H and O–H groups in total. The van der Waals surface area contributed by atoms with Crippen LogP contribution in [0.1, 0.15) is 64.5 Å². The van der Waals surface area contributed by atoms with Gasteiger partial charge in [-0.1, -0.05) is 65.4 Å². The minimum atomic E-state index is 0.561. The fourth-order valence-corrected chi connectivity index (χ4v) is 4.33. The highest BCUT2D eigenvalue weighted by Crippen LogP contribution is 2.35. The van der Waals surface area contributed by atoms with Gasteiger partial charge < -0.3 is 0 Å². The van der Waals surface area contributed by atoms with Crippen LogP contribution in [0.2, 0.25) is 0 Å². The van der Waals surface area contributed by atoms with Crippen molar-refractivity contribution in [1.82, 2.24) is 0 Å². The summed E-state index contributed by atoms with van der Waals surface area (Å²) in [5, 5.41) is 0.612. The monoisotopic (exact) mass is 344 g/mol. The molecule has 2 rings (SSSR count). The Morgan fingerprint density at radius 3 is 1.70 bits per heavy atom. The van der Waals surface area contributed by atoms with Crippen molar-refractivity contribution in [3.8, 4) is 0 Å². The number of hydrogen-bond acceptors (Lipinski definition) is 2. The first-order chi connectivity index (χ1) is 10.8. The van der Waals surface area contributed by atoms with Gasteiger partial charge in [-0.2, -0.15) is 0 Å². The summed E-state index contributed by atoms with van der Waals surface area (Å²) in [6.07, 6.45) is 0. The number of thioether (sulfide) groups is 1. The van der Waals surface area contributed by atoms with Crippen molar-refractivity contribution in [2.75, 3.05) is 0 Å².